The standard InChI is InChI=1S/C11H13NO3/c1-2-15-11(14)8-6-12-10-7(8)4-3-5-9(10)13/h6,12H,2-5H2,1H3. The predicted molar refractivity (Wildman–Crippen MR) is 54.0 cm³/mol. The van der Waals surface area contributed by atoms with E-state index < -0.39 is 0 Å². The third-order valence-electron chi connectivity index (χ3n) is 2.59. The summed E-state index contributed by atoms with van der Waals surface area (Å²) in [5.74, 6) is -0.253. The van der Waals surface area contributed by atoms with Gasteiger partial charge in [-0.2, -0.15) is 0 Å². The van der Waals surface area contributed by atoms with Crippen molar-refractivity contribution >= 4 is 11.8 Å². The maximum absolute atomic E-state index is 11.5. The highest BCUT2D eigenvalue weighted by molar-refractivity contribution is 6.01. The zero-order valence-electron chi connectivity index (χ0n) is 8.63. The smallest absolute Gasteiger partial charge is 0.339 e. The first-order valence-corrected chi connectivity index (χ1v) is 5.14. The zero-order chi connectivity index (χ0) is 10.8. The lowest BCUT2D eigenvalue weighted by Crippen LogP contribution is -2.13. The van der Waals surface area contributed by atoms with Gasteiger partial charge in [0, 0.05) is 12.6 Å². The van der Waals surface area contributed by atoms with E-state index in [9.17, 15) is 9.59 Å². The van der Waals surface area contributed by atoms with Crippen LogP contribution in [0.2, 0.25) is 0 Å². The van der Waals surface area contributed by atoms with Crippen LogP contribution in [0.15, 0.2) is 6.20 Å². The van der Waals surface area contributed by atoms with Crippen LogP contribution in [0.5, 0.6) is 0 Å². The second-order valence-electron chi connectivity index (χ2n) is 3.55. The maximum Gasteiger partial charge on any atom is 0.339 e. The number of Topliss-reactive ketones (excluding diaryl/α,β-unsaturated/α-hetero) is 1. The molecule has 1 aromatic heterocycles. The van der Waals surface area contributed by atoms with Crippen molar-refractivity contribution in [3.63, 3.8) is 0 Å². The summed E-state index contributed by atoms with van der Waals surface area (Å²) in [6, 6.07) is 0. The Hall–Kier alpha value is -1.58. The Morgan fingerprint density at radius 3 is 3.07 bits per heavy atom. The monoisotopic (exact) mass is 207 g/mol. The number of aromatic amines is 1. The molecule has 1 aliphatic rings. The summed E-state index contributed by atoms with van der Waals surface area (Å²) in [4.78, 5) is 25.9. The minimum atomic E-state index is -0.343. The fourth-order valence-electron chi connectivity index (χ4n) is 1.90. The molecule has 15 heavy (non-hydrogen) atoms. The molecular weight excluding hydrogens is 194 g/mol. The average Bonchev–Trinajstić information content (AvgIpc) is 2.63. The first kappa shape index (κ1) is 9.96. The molecule has 1 aromatic rings. The Morgan fingerprint density at radius 1 is 1.53 bits per heavy atom. The van der Waals surface area contributed by atoms with Crippen LogP contribution < -0.4 is 0 Å². The Balaban J connectivity index is 2.34. The number of rotatable bonds is 2. The van der Waals surface area contributed by atoms with Crippen molar-refractivity contribution in [2.24, 2.45) is 0 Å². The van der Waals surface area contributed by atoms with Gasteiger partial charge in [-0.15, -0.1) is 0 Å². The van der Waals surface area contributed by atoms with E-state index in [-0.39, 0.29) is 11.8 Å². The molecule has 0 saturated heterocycles. The molecule has 0 radical (unpaired) electrons. The van der Waals surface area contributed by atoms with E-state index in [0.29, 0.717) is 24.3 Å². The van der Waals surface area contributed by atoms with Gasteiger partial charge < -0.3 is 9.72 Å². The highest BCUT2D eigenvalue weighted by atomic mass is 16.5. The van der Waals surface area contributed by atoms with Gasteiger partial charge in [0.15, 0.2) is 5.78 Å². The van der Waals surface area contributed by atoms with Gasteiger partial charge >= 0.3 is 5.97 Å². The van der Waals surface area contributed by atoms with E-state index in [2.05, 4.69) is 4.98 Å². The Kier molecular flexibility index (Phi) is 2.58. The molecule has 1 heterocycles. The Morgan fingerprint density at radius 2 is 2.33 bits per heavy atom. The minimum absolute atomic E-state index is 0.0896. The molecule has 0 fully saturated rings. The average molecular weight is 207 g/mol. The molecule has 80 valence electrons. The van der Waals surface area contributed by atoms with Crippen molar-refractivity contribution in [2.75, 3.05) is 6.61 Å². The van der Waals surface area contributed by atoms with Crippen LogP contribution in [-0.4, -0.2) is 23.3 Å². The topological polar surface area (TPSA) is 59.2 Å². The summed E-state index contributed by atoms with van der Waals surface area (Å²) in [5.41, 5.74) is 1.92. The van der Waals surface area contributed by atoms with Crippen LogP contribution in [0, 0.1) is 0 Å². The lowest BCUT2D eigenvalue weighted by atomic mass is 9.94. The molecule has 4 nitrogen and oxygen atoms in total. The number of nitrogens with one attached hydrogen (secondary N) is 1. The molecule has 1 N–H and O–H groups in total. The summed E-state index contributed by atoms with van der Waals surface area (Å²) >= 11 is 0. The highest BCUT2D eigenvalue weighted by Crippen LogP contribution is 2.24. The molecule has 4 heteroatoms. The van der Waals surface area contributed by atoms with Crippen molar-refractivity contribution in [3.8, 4) is 0 Å². The molecule has 0 bridgehead atoms. The third kappa shape index (κ3) is 1.67. The Labute approximate surface area is 87.6 Å². The summed E-state index contributed by atoms with van der Waals surface area (Å²) in [6.07, 6.45) is 3.73. The van der Waals surface area contributed by atoms with Crippen molar-refractivity contribution < 1.29 is 14.3 Å². The normalized spacial score (nSPS) is 14.9. The number of ether oxygens (including phenoxy) is 1. The van der Waals surface area contributed by atoms with Crippen molar-refractivity contribution in [2.45, 2.75) is 26.2 Å². The summed E-state index contributed by atoms with van der Waals surface area (Å²) in [6.45, 7) is 2.12. The molecule has 2 rings (SSSR count). The molecular formula is C11H13NO3. The van der Waals surface area contributed by atoms with E-state index in [4.69, 9.17) is 4.74 Å². The second kappa shape index (κ2) is 3.88. The van der Waals surface area contributed by atoms with Crippen molar-refractivity contribution in [3.05, 3.63) is 23.0 Å². The SMILES string of the molecule is CCOC(=O)c1c[nH]c2c1CCCC2=O. The van der Waals surface area contributed by atoms with E-state index in [1.54, 1.807) is 13.1 Å². The quantitative estimate of drug-likeness (QED) is 0.751. The fraction of sp³-hybridized carbons (Fsp3) is 0.455. The molecule has 0 saturated carbocycles. The number of ketones is 1. The molecule has 0 spiro atoms. The lowest BCUT2D eigenvalue weighted by Gasteiger charge is -2.11. The van der Waals surface area contributed by atoms with Crippen molar-refractivity contribution in [1.82, 2.24) is 4.98 Å². The minimum Gasteiger partial charge on any atom is -0.462 e. The van der Waals surface area contributed by atoms with Gasteiger partial charge in [0.1, 0.15) is 0 Å². The number of hydrogen-bond donors (Lipinski definition) is 1. The van der Waals surface area contributed by atoms with E-state index in [0.717, 1.165) is 18.4 Å². The molecule has 0 aliphatic heterocycles. The summed E-state index contributed by atoms with van der Waals surface area (Å²) in [5, 5.41) is 0. The van der Waals surface area contributed by atoms with E-state index in [1.807, 2.05) is 0 Å². The zero-order valence-corrected chi connectivity index (χ0v) is 8.63. The number of carbonyl (C=O) groups is 2. The predicted octanol–water partition coefficient (Wildman–Crippen LogP) is 1.71. The molecule has 0 aromatic carbocycles. The van der Waals surface area contributed by atoms with Gasteiger partial charge in [0.05, 0.1) is 17.9 Å². The Bertz CT molecular complexity index is 406. The number of fused-ring (bicyclic) bond motifs is 1. The van der Waals surface area contributed by atoms with Crippen LogP contribution in [0.1, 0.15) is 46.2 Å². The van der Waals surface area contributed by atoms with Gasteiger partial charge in [0.2, 0.25) is 0 Å². The van der Waals surface area contributed by atoms with Gasteiger partial charge in [-0.25, -0.2) is 4.79 Å². The fourth-order valence-corrected chi connectivity index (χ4v) is 1.90. The molecule has 0 atom stereocenters. The number of carbonyl (C=O) groups excluding carboxylic acids is 2. The van der Waals surface area contributed by atoms with Gasteiger partial charge in [-0.1, -0.05) is 0 Å². The molecule has 0 amide bonds. The van der Waals surface area contributed by atoms with Crippen LogP contribution in [-0.2, 0) is 11.2 Å². The number of H-pyrrole nitrogens is 1. The third-order valence-corrected chi connectivity index (χ3v) is 2.59. The maximum atomic E-state index is 11.5. The van der Waals surface area contributed by atoms with Gasteiger partial charge in [0.25, 0.3) is 0 Å². The van der Waals surface area contributed by atoms with Crippen molar-refractivity contribution in [1.29, 1.82) is 0 Å². The molecule has 0 unspecified atom stereocenters. The lowest BCUT2D eigenvalue weighted by molar-refractivity contribution is 0.0525. The summed E-state index contributed by atoms with van der Waals surface area (Å²) in [7, 11) is 0. The van der Waals surface area contributed by atoms with Gasteiger partial charge in [-0.05, 0) is 25.3 Å². The molecule has 1 aliphatic carbocycles. The summed E-state index contributed by atoms with van der Waals surface area (Å²) < 4.78 is 4.92. The highest BCUT2D eigenvalue weighted by Gasteiger charge is 2.25. The van der Waals surface area contributed by atoms with Crippen LogP contribution in [0.4, 0.5) is 0 Å². The number of aromatic nitrogens is 1. The van der Waals surface area contributed by atoms with E-state index >= 15 is 0 Å². The van der Waals surface area contributed by atoms with Crippen LogP contribution >= 0.6 is 0 Å². The van der Waals surface area contributed by atoms with Gasteiger partial charge in [-0.3, -0.25) is 4.79 Å². The number of esters is 1. The largest absolute Gasteiger partial charge is 0.462 e. The second-order valence-corrected chi connectivity index (χ2v) is 3.55. The van der Waals surface area contributed by atoms with Crippen LogP contribution in [0.3, 0.4) is 0 Å². The van der Waals surface area contributed by atoms with E-state index in [1.165, 1.54) is 0 Å². The first-order chi connectivity index (χ1) is 7.24. The number of hydrogen-bond acceptors (Lipinski definition) is 3. The first-order valence-electron chi connectivity index (χ1n) is 5.14. The van der Waals surface area contributed by atoms with Crippen LogP contribution in [0.25, 0.3) is 0 Å².